The van der Waals surface area contributed by atoms with Crippen LogP contribution >= 0.6 is 22.9 Å². The maximum atomic E-state index is 13.4. The fourth-order valence-electron chi connectivity index (χ4n) is 3.40. The molecule has 0 aliphatic carbocycles. The van der Waals surface area contributed by atoms with Crippen molar-refractivity contribution in [2.75, 3.05) is 25.2 Å². The van der Waals surface area contributed by atoms with Gasteiger partial charge in [0.05, 0.1) is 29.5 Å². The number of hydrogen-bond acceptors (Lipinski definition) is 5. The van der Waals surface area contributed by atoms with Gasteiger partial charge in [0.15, 0.2) is 5.13 Å². The third kappa shape index (κ3) is 3.72. The third-order valence-corrected chi connectivity index (χ3v) is 6.36. The topological polar surface area (TPSA) is 51.7 Å². The summed E-state index contributed by atoms with van der Waals surface area (Å²) in [4.78, 5) is 19.8. The van der Waals surface area contributed by atoms with Crippen LogP contribution in [0.2, 0.25) is 5.02 Å². The Labute approximate surface area is 172 Å². The van der Waals surface area contributed by atoms with Crippen LogP contribution in [0, 0.1) is 6.92 Å². The second-order valence-corrected chi connectivity index (χ2v) is 8.23. The molecule has 5 nitrogen and oxygen atoms in total. The first-order valence-electron chi connectivity index (χ1n) is 9.20. The van der Waals surface area contributed by atoms with E-state index in [0.717, 1.165) is 29.7 Å². The Morgan fingerprint density at radius 2 is 2.25 bits per heavy atom. The average molecular weight is 417 g/mol. The molecule has 0 N–H and O–H groups in total. The molecule has 2 aromatic carbocycles. The zero-order valence-corrected chi connectivity index (χ0v) is 17.3. The number of methoxy groups -OCH3 is 1. The second-order valence-electron chi connectivity index (χ2n) is 6.84. The number of hydrogen-bond donors (Lipinski definition) is 0. The number of carbonyl (C=O) groups excluding carboxylic acids is 1. The van der Waals surface area contributed by atoms with Crippen molar-refractivity contribution in [3.05, 3.63) is 52.5 Å². The maximum absolute atomic E-state index is 13.4. The third-order valence-electron chi connectivity index (χ3n) is 4.82. The number of aryl methyl sites for hydroxylation is 1. The molecule has 1 aliphatic rings. The molecule has 1 fully saturated rings. The standard InChI is InChI=1S/C21H21ClN2O3S/c1-13-5-3-6-14(11-13)20(25)24(12-15-7-4-10-27-15)21-23-18-17(26-2)9-8-16(22)19(18)28-21/h3,5-6,8-9,11,15H,4,7,10,12H2,1-2H3. The zero-order chi connectivity index (χ0) is 19.7. The lowest BCUT2D eigenvalue weighted by molar-refractivity contribution is 0.0917. The van der Waals surface area contributed by atoms with Crippen molar-refractivity contribution >= 4 is 44.2 Å². The van der Waals surface area contributed by atoms with E-state index in [9.17, 15) is 4.79 Å². The highest BCUT2D eigenvalue weighted by atomic mass is 35.5. The number of nitrogens with zero attached hydrogens (tertiary/aromatic N) is 2. The molecule has 4 rings (SSSR count). The van der Waals surface area contributed by atoms with Crippen LogP contribution < -0.4 is 9.64 Å². The van der Waals surface area contributed by atoms with Gasteiger partial charge in [0.1, 0.15) is 11.3 Å². The summed E-state index contributed by atoms with van der Waals surface area (Å²) in [5.41, 5.74) is 2.34. The van der Waals surface area contributed by atoms with Gasteiger partial charge >= 0.3 is 0 Å². The number of carbonyl (C=O) groups is 1. The van der Waals surface area contributed by atoms with Crippen molar-refractivity contribution in [2.45, 2.75) is 25.9 Å². The van der Waals surface area contributed by atoms with E-state index in [4.69, 9.17) is 26.1 Å². The molecule has 1 saturated heterocycles. The van der Waals surface area contributed by atoms with Gasteiger partial charge in [-0.25, -0.2) is 4.98 Å². The van der Waals surface area contributed by atoms with Crippen LogP contribution in [0.25, 0.3) is 10.2 Å². The number of thiazole rings is 1. The van der Waals surface area contributed by atoms with Crippen molar-refractivity contribution in [1.29, 1.82) is 0 Å². The number of fused-ring (bicyclic) bond motifs is 1. The Morgan fingerprint density at radius 3 is 2.96 bits per heavy atom. The first-order valence-corrected chi connectivity index (χ1v) is 10.4. The summed E-state index contributed by atoms with van der Waals surface area (Å²) < 4.78 is 12.0. The van der Waals surface area contributed by atoms with E-state index in [1.165, 1.54) is 11.3 Å². The monoisotopic (exact) mass is 416 g/mol. The van der Waals surface area contributed by atoms with Crippen LogP contribution in [0.1, 0.15) is 28.8 Å². The number of amides is 1. The average Bonchev–Trinajstić information content (AvgIpc) is 3.36. The molecule has 1 amide bonds. The minimum absolute atomic E-state index is 0.0122. The van der Waals surface area contributed by atoms with Crippen molar-refractivity contribution in [3.8, 4) is 5.75 Å². The number of anilines is 1. The molecule has 7 heteroatoms. The lowest BCUT2D eigenvalue weighted by Gasteiger charge is -2.23. The fraction of sp³-hybridized carbons (Fsp3) is 0.333. The van der Waals surface area contributed by atoms with Gasteiger partial charge in [0.2, 0.25) is 0 Å². The van der Waals surface area contributed by atoms with Gasteiger partial charge in [-0.05, 0) is 44.0 Å². The van der Waals surface area contributed by atoms with Gasteiger partial charge in [-0.3, -0.25) is 9.69 Å². The van der Waals surface area contributed by atoms with E-state index < -0.39 is 0 Å². The summed E-state index contributed by atoms with van der Waals surface area (Å²) in [6.45, 7) is 3.17. The van der Waals surface area contributed by atoms with E-state index in [1.54, 1.807) is 24.1 Å². The number of halogens is 1. The van der Waals surface area contributed by atoms with Crippen LogP contribution in [-0.4, -0.2) is 37.3 Å². The Bertz CT molecular complexity index is 1010. The van der Waals surface area contributed by atoms with Gasteiger partial charge in [0.25, 0.3) is 5.91 Å². The minimum Gasteiger partial charge on any atom is -0.494 e. The molecule has 3 aromatic rings. The molecule has 0 spiro atoms. The van der Waals surface area contributed by atoms with Crippen molar-refractivity contribution < 1.29 is 14.3 Å². The van der Waals surface area contributed by atoms with Crippen LogP contribution in [0.5, 0.6) is 5.75 Å². The molecule has 146 valence electrons. The summed E-state index contributed by atoms with van der Waals surface area (Å²) in [5, 5.41) is 1.20. The molecule has 1 aliphatic heterocycles. The maximum Gasteiger partial charge on any atom is 0.260 e. The molecule has 1 unspecified atom stereocenters. The molecule has 1 aromatic heterocycles. The lowest BCUT2D eigenvalue weighted by atomic mass is 10.1. The summed E-state index contributed by atoms with van der Waals surface area (Å²) in [6, 6.07) is 11.2. The number of ether oxygens (including phenoxy) is 2. The smallest absolute Gasteiger partial charge is 0.260 e. The highest BCUT2D eigenvalue weighted by molar-refractivity contribution is 7.23. The largest absolute Gasteiger partial charge is 0.494 e. The lowest BCUT2D eigenvalue weighted by Crippen LogP contribution is -2.37. The molecule has 0 bridgehead atoms. The van der Waals surface area contributed by atoms with Gasteiger partial charge in [-0.1, -0.05) is 40.6 Å². The predicted octanol–water partition coefficient (Wildman–Crippen LogP) is 5.09. The van der Waals surface area contributed by atoms with Crippen molar-refractivity contribution in [3.63, 3.8) is 0 Å². The van der Waals surface area contributed by atoms with E-state index in [-0.39, 0.29) is 12.0 Å². The molecule has 2 heterocycles. The Kier molecular flexibility index (Phi) is 5.53. The Balaban J connectivity index is 1.77. The van der Waals surface area contributed by atoms with E-state index >= 15 is 0 Å². The highest BCUT2D eigenvalue weighted by Gasteiger charge is 2.28. The SMILES string of the molecule is COc1ccc(Cl)c2sc(N(CC3CCCO3)C(=O)c3cccc(C)c3)nc12. The summed E-state index contributed by atoms with van der Waals surface area (Å²) in [5.74, 6) is 0.551. The fourth-order valence-corrected chi connectivity index (χ4v) is 4.66. The van der Waals surface area contributed by atoms with Gasteiger partial charge in [-0.2, -0.15) is 0 Å². The first kappa shape index (κ1) is 19.2. The minimum atomic E-state index is -0.0895. The zero-order valence-electron chi connectivity index (χ0n) is 15.8. The number of benzene rings is 2. The Hall–Kier alpha value is -2.15. The summed E-state index contributed by atoms with van der Waals surface area (Å²) in [6.07, 6.45) is 1.96. The van der Waals surface area contributed by atoms with E-state index in [0.29, 0.717) is 33.5 Å². The summed E-state index contributed by atoms with van der Waals surface area (Å²) >= 11 is 7.78. The molecule has 1 atom stereocenters. The Morgan fingerprint density at radius 1 is 1.39 bits per heavy atom. The van der Waals surface area contributed by atoms with Crippen LogP contribution in [0.15, 0.2) is 36.4 Å². The van der Waals surface area contributed by atoms with E-state index in [1.807, 2.05) is 31.2 Å². The van der Waals surface area contributed by atoms with Crippen molar-refractivity contribution in [1.82, 2.24) is 4.98 Å². The van der Waals surface area contributed by atoms with Gasteiger partial charge in [-0.15, -0.1) is 0 Å². The number of aromatic nitrogens is 1. The molecular weight excluding hydrogens is 396 g/mol. The first-order chi connectivity index (χ1) is 13.6. The van der Waals surface area contributed by atoms with Gasteiger partial charge < -0.3 is 9.47 Å². The molecular formula is C21H21ClN2O3S. The van der Waals surface area contributed by atoms with Crippen LogP contribution in [-0.2, 0) is 4.74 Å². The number of rotatable bonds is 5. The highest BCUT2D eigenvalue weighted by Crippen LogP contribution is 2.39. The quantitative estimate of drug-likeness (QED) is 0.581. The van der Waals surface area contributed by atoms with E-state index in [2.05, 4.69) is 0 Å². The van der Waals surface area contributed by atoms with Crippen molar-refractivity contribution in [2.24, 2.45) is 0 Å². The second kappa shape index (κ2) is 8.07. The summed E-state index contributed by atoms with van der Waals surface area (Å²) in [7, 11) is 1.60. The normalized spacial score (nSPS) is 16.5. The molecule has 0 radical (unpaired) electrons. The molecule has 0 saturated carbocycles. The van der Waals surface area contributed by atoms with Crippen LogP contribution in [0.4, 0.5) is 5.13 Å². The molecule has 28 heavy (non-hydrogen) atoms. The van der Waals surface area contributed by atoms with Crippen LogP contribution in [0.3, 0.4) is 0 Å². The predicted molar refractivity (Wildman–Crippen MR) is 113 cm³/mol. The van der Waals surface area contributed by atoms with Gasteiger partial charge in [0, 0.05) is 12.2 Å².